The highest BCUT2D eigenvalue weighted by molar-refractivity contribution is 5.79. The Balaban J connectivity index is -0.000000197. The van der Waals surface area contributed by atoms with E-state index in [-0.39, 0.29) is 13.2 Å². The summed E-state index contributed by atoms with van der Waals surface area (Å²) >= 11 is 0. The van der Waals surface area contributed by atoms with Gasteiger partial charge in [0.05, 0.1) is 13.2 Å². The van der Waals surface area contributed by atoms with Crippen LogP contribution >= 0.6 is 0 Å². The largest absolute Gasteiger partial charge is 0.478 e. The van der Waals surface area contributed by atoms with Crippen molar-refractivity contribution in [3.8, 4) is 0 Å². The summed E-state index contributed by atoms with van der Waals surface area (Å²) in [4.78, 5) is 20.4. The van der Waals surface area contributed by atoms with Crippen LogP contribution in [0.4, 0.5) is 0 Å². The van der Waals surface area contributed by atoms with Gasteiger partial charge in [-0.05, 0) is 7.05 Å². The number of rotatable bonds is 6. The van der Waals surface area contributed by atoms with Crippen LogP contribution in [0.15, 0.2) is 25.3 Å². The summed E-state index contributed by atoms with van der Waals surface area (Å²) in [5.41, 5.74) is 0. The number of carbonyl (C=O) groups is 2. The highest BCUT2D eigenvalue weighted by Gasteiger charge is 1.91. The number of aliphatic hydroxyl groups is 2. The van der Waals surface area contributed by atoms with Crippen molar-refractivity contribution < 1.29 is 30.0 Å². The van der Waals surface area contributed by atoms with Crippen LogP contribution in [-0.2, 0) is 9.59 Å². The van der Waals surface area contributed by atoms with E-state index in [0.717, 1.165) is 12.2 Å². The van der Waals surface area contributed by atoms with Crippen molar-refractivity contribution in [2.75, 3.05) is 33.4 Å². The standard InChI is InChI=1S/C5H13NO2.2C3H4O2/c1-6(2-4-7)3-5-8;2*1-2-3(4)5/h7-8H,2-5H2,1H3;2*2H,1H2,(H,4,5). The van der Waals surface area contributed by atoms with Crippen LogP contribution in [0.2, 0.25) is 0 Å². The molecule has 0 radical (unpaired) electrons. The van der Waals surface area contributed by atoms with Crippen LogP contribution in [0.3, 0.4) is 0 Å². The second-order valence-electron chi connectivity index (χ2n) is 2.84. The van der Waals surface area contributed by atoms with E-state index >= 15 is 0 Å². The fraction of sp³-hybridized carbons (Fsp3) is 0.455. The summed E-state index contributed by atoms with van der Waals surface area (Å²) in [6.07, 6.45) is 1.67. The van der Waals surface area contributed by atoms with Crippen LogP contribution in [0.5, 0.6) is 0 Å². The van der Waals surface area contributed by atoms with Crippen molar-refractivity contribution in [3.63, 3.8) is 0 Å². The molecule has 0 unspecified atom stereocenters. The molecule has 0 amide bonds. The van der Waals surface area contributed by atoms with Gasteiger partial charge in [-0.2, -0.15) is 0 Å². The first-order chi connectivity index (χ1) is 8.35. The molecule has 106 valence electrons. The van der Waals surface area contributed by atoms with Crippen LogP contribution in [0.25, 0.3) is 0 Å². The molecule has 4 N–H and O–H groups in total. The van der Waals surface area contributed by atoms with Gasteiger partial charge in [-0.15, -0.1) is 0 Å². The lowest BCUT2D eigenvalue weighted by Crippen LogP contribution is -2.25. The molecule has 0 aromatic carbocycles. The van der Waals surface area contributed by atoms with Crippen molar-refractivity contribution in [1.82, 2.24) is 4.90 Å². The van der Waals surface area contributed by atoms with Gasteiger partial charge in [-0.25, -0.2) is 9.59 Å². The highest BCUT2D eigenvalue weighted by Crippen LogP contribution is 1.76. The first-order valence-electron chi connectivity index (χ1n) is 4.96. The van der Waals surface area contributed by atoms with Crippen molar-refractivity contribution in [2.45, 2.75) is 0 Å². The number of nitrogens with zero attached hydrogens (tertiary/aromatic N) is 1. The zero-order chi connectivity index (χ0) is 15.0. The minimum Gasteiger partial charge on any atom is -0.478 e. The van der Waals surface area contributed by atoms with E-state index < -0.39 is 11.9 Å². The average Bonchev–Trinajstić information content (AvgIpc) is 2.31. The molecule has 0 aliphatic heterocycles. The number of carboxylic acid groups (broad SMARTS) is 2. The lowest BCUT2D eigenvalue weighted by atomic mass is 10.5. The molecule has 0 aromatic heterocycles. The molecular weight excluding hydrogens is 242 g/mol. The molecule has 0 atom stereocenters. The van der Waals surface area contributed by atoms with Gasteiger partial charge in [0.2, 0.25) is 0 Å². The van der Waals surface area contributed by atoms with Gasteiger partial charge in [0.15, 0.2) is 0 Å². The predicted octanol–water partition coefficient (Wildman–Crippen LogP) is -0.583. The average molecular weight is 263 g/mol. The first-order valence-corrected chi connectivity index (χ1v) is 4.96. The fourth-order valence-electron chi connectivity index (χ4n) is 0.453. The van der Waals surface area contributed by atoms with E-state index in [1.807, 2.05) is 11.9 Å². The molecule has 0 bridgehead atoms. The maximum Gasteiger partial charge on any atom is 0.327 e. The molecule has 0 fully saturated rings. The molecule has 0 saturated heterocycles. The lowest BCUT2D eigenvalue weighted by Gasteiger charge is -2.11. The van der Waals surface area contributed by atoms with Crippen LogP contribution in [0, 0.1) is 0 Å². The van der Waals surface area contributed by atoms with Gasteiger partial charge in [0, 0.05) is 25.2 Å². The molecule has 7 heteroatoms. The number of likely N-dealkylation sites (N-methyl/N-ethyl adjacent to an activating group) is 1. The summed E-state index contributed by atoms with van der Waals surface area (Å²) in [5, 5.41) is 31.9. The van der Waals surface area contributed by atoms with E-state index in [1.54, 1.807) is 0 Å². The van der Waals surface area contributed by atoms with Crippen LogP contribution < -0.4 is 0 Å². The van der Waals surface area contributed by atoms with E-state index in [0.29, 0.717) is 13.1 Å². The van der Waals surface area contributed by atoms with E-state index in [9.17, 15) is 9.59 Å². The van der Waals surface area contributed by atoms with E-state index in [1.165, 1.54) is 0 Å². The van der Waals surface area contributed by atoms with Crippen molar-refractivity contribution in [1.29, 1.82) is 0 Å². The summed E-state index contributed by atoms with van der Waals surface area (Å²) in [6.45, 7) is 7.53. The van der Waals surface area contributed by atoms with Gasteiger partial charge in [0.25, 0.3) is 0 Å². The Bertz CT molecular complexity index is 218. The maximum absolute atomic E-state index is 9.25. The molecule has 0 aliphatic carbocycles. The Morgan fingerprint density at radius 3 is 1.33 bits per heavy atom. The highest BCUT2D eigenvalue weighted by atomic mass is 16.4. The van der Waals surface area contributed by atoms with Crippen LogP contribution in [0.1, 0.15) is 0 Å². The van der Waals surface area contributed by atoms with Crippen molar-refractivity contribution in [3.05, 3.63) is 25.3 Å². The minimum atomic E-state index is -0.981. The van der Waals surface area contributed by atoms with Crippen LogP contribution in [-0.4, -0.2) is 70.6 Å². The maximum atomic E-state index is 9.25. The second-order valence-corrected chi connectivity index (χ2v) is 2.84. The Morgan fingerprint density at radius 2 is 1.22 bits per heavy atom. The number of aliphatic hydroxyl groups excluding tert-OH is 2. The van der Waals surface area contributed by atoms with Gasteiger partial charge in [-0.1, -0.05) is 13.2 Å². The Hall–Kier alpha value is -1.70. The molecule has 7 nitrogen and oxygen atoms in total. The molecular formula is C11H21NO6. The number of carboxylic acids is 2. The molecule has 0 aliphatic rings. The number of hydrogen-bond acceptors (Lipinski definition) is 5. The summed E-state index contributed by atoms with van der Waals surface area (Å²) < 4.78 is 0. The van der Waals surface area contributed by atoms with Gasteiger partial charge in [0.1, 0.15) is 0 Å². The zero-order valence-corrected chi connectivity index (χ0v) is 10.4. The molecule has 0 aromatic rings. The van der Waals surface area contributed by atoms with E-state index in [4.69, 9.17) is 20.4 Å². The summed E-state index contributed by atoms with van der Waals surface area (Å²) in [7, 11) is 1.85. The Kier molecular flexibility index (Phi) is 21.2. The lowest BCUT2D eigenvalue weighted by molar-refractivity contribution is -0.132. The predicted molar refractivity (Wildman–Crippen MR) is 67.3 cm³/mol. The smallest absolute Gasteiger partial charge is 0.327 e. The minimum absolute atomic E-state index is 0.163. The van der Waals surface area contributed by atoms with Gasteiger partial charge in [-0.3, -0.25) is 0 Å². The Morgan fingerprint density at radius 1 is 1.00 bits per heavy atom. The first kappa shape index (κ1) is 21.6. The Labute approximate surface area is 106 Å². The topological polar surface area (TPSA) is 118 Å². The van der Waals surface area contributed by atoms with Gasteiger partial charge < -0.3 is 25.3 Å². The number of aliphatic carboxylic acids is 2. The molecule has 0 spiro atoms. The second kappa shape index (κ2) is 17.7. The summed E-state index contributed by atoms with van der Waals surface area (Å²) in [6, 6.07) is 0. The zero-order valence-electron chi connectivity index (χ0n) is 10.4. The molecule has 0 heterocycles. The third kappa shape index (κ3) is 36.7. The van der Waals surface area contributed by atoms with Crippen molar-refractivity contribution >= 4 is 11.9 Å². The fourth-order valence-corrected chi connectivity index (χ4v) is 0.453. The third-order valence-corrected chi connectivity index (χ3v) is 1.31. The third-order valence-electron chi connectivity index (χ3n) is 1.31. The monoisotopic (exact) mass is 263 g/mol. The molecule has 0 rings (SSSR count). The SMILES string of the molecule is C=CC(=O)O.C=CC(=O)O.CN(CCO)CCO. The molecule has 0 saturated carbocycles. The molecule has 18 heavy (non-hydrogen) atoms. The quantitative estimate of drug-likeness (QED) is 0.473. The normalized spacial score (nSPS) is 8.22. The van der Waals surface area contributed by atoms with Crippen molar-refractivity contribution in [2.24, 2.45) is 0 Å². The number of hydrogen-bond donors (Lipinski definition) is 4. The van der Waals surface area contributed by atoms with Gasteiger partial charge >= 0.3 is 11.9 Å². The summed E-state index contributed by atoms with van der Waals surface area (Å²) in [5.74, 6) is -1.96. The van der Waals surface area contributed by atoms with E-state index in [2.05, 4.69) is 13.2 Å².